The standard InChI is InChI=1S/C11H10N2O2/c1-13-7-9-6-8(3-5-11(14)15)2-4-10(9)12-13/h2-7H,1H3,(H,14,15). The van der Waals surface area contributed by atoms with Crippen molar-refractivity contribution in [1.82, 2.24) is 9.78 Å². The zero-order valence-electron chi connectivity index (χ0n) is 8.21. The van der Waals surface area contributed by atoms with E-state index in [0.29, 0.717) is 0 Å². The van der Waals surface area contributed by atoms with Crippen LogP contribution in [0.1, 0.15) is 5.56 Å². The molecule has 0 aliphatic rings. The van der Waals surface area contributed by atoms with Gasteiger partial charge in [-0.05, 0) is 23.8 Å². The highest BCUT2D eigenvalue weighted by Crippen LogP contribution is 2.14. The number of rotatable bonds is 2. The van der Waals surface area contributed by atoms with Crippen LogP contribution in [0.4, 0.5) is 0 Å². The molecule has 2 aromatic rings. The molecular weight excluding hydrogens is 192 g/mol. The second kappa shape index (κ2) is 3.57. The number of aliphatic carboxylic acids is 1. The summed E-state index contributed by atoms with van der Waals surface area (Å²) >= 11 is 0. The van der Waals surface area contributed by atoms with Crippen LogP contribution >= 0.6 is 0 Å². The largest absolute Gasteiger partial charge is 0.478 e. The fourth-order valence-corrected chi connectivity index (χ4v) is 1.44. The van der Waals surface area contributed by atoms with E-state index in [1.165, 1.54) is 0 Å². The molecule has 15 heavy (non-hydrogen) atoms. The predicted molar refractivity (Wildman–Crippen MR) is 57.4 cm³/mol. The highest BCUT2D eigenvalue weighted by molar-refractivity contribution is 5.87. The summed E-state index contributed by atoms with van der Waals surface area (Å²) in [5, 5.41) is 13.7. The number of carboxylic acid groups (broad SMARTS) is 1. The number of hydrogen-bond acceptors (Lipinski definition) is 2. The minimum absolute atomic E-state index is 0.859. The Kier molecular flexibility index (Phi) is 2.25. The second-order valence-corrected chi connectivity index (χ2v) is 3.29. The maximum absolute atomic E-state index is 10.3. The van der Waals surface area contributed by atoms with Crippen LogP contribution in [0.15, 0.2) is 30.5 Å². The molecule has 0 saturated heterocycles. The first-order valence-electron chi connectivity index (χ1n) is 4.49. The van der Waals surface area contributed by atoms with Crippen LogP contribution in [0.2, 0.25) is 0 Å². The van der Waals surface area contributed by atoms with Gasteiger partial charge >= 0.3 is 5.97 Å². The minimum Gasteiger partial charge on any atom is -0.478 e. The molecule has 4 heteroatoms. The van der Waals surface area contributed by atoms with Crippen LogP contribution in [-0.2, 0) is 11.8 Å². The molecule has 0 amide bonds. The lowest BCUT2D eigenvalue weighted by molar-refractivity contribution is -0.131. The summed E-state index contributed by atoms with van der Waals surface area (Å²) < 4.78 is 1.73. The number of nitrogens with zero attached hydrogens (tertiary/aromatic N) is 2. The summed E-state index contributed by atoms with van der Waals surface area (Å²) in [4.78, 5) is 10.3. The molecule has 1 aromatic carbocycles. The van der Waals surface area contributed by atoms with Gasteiger partial charge < -0.3 is 5.11 Å². The van der Waals surface area contributed by atoms with Gasteiger partial charge in [-0.2, -0.15) is 5.10 Å². The monoisotopic (exact) mass is 202 g/mol. The number of fused-ring (bicyclic) bond motifs is 1. The molecule has 0 aliphatic heterocycles. The van der Waals surface area contributed by atoms with Crippen molar-refractivity contribution in [2.45, 2.75) is 0 Å². The van der Waals surface area contributed by atoms with Gasteiger partial charge in [-0.15, -0.1) is 0 Å². The molecular formula is C11H10N2O2. The summed E-state index contributed by atoms with van der Waals surface area (Å²) in [6.45, 7) is 0. The summed E-state index contributed by atoms with van der Waals surface area (Å²) in [5.41, 5.74) is 1.77. The van der Waals surface area contributed by atoms with Gasteiger partial charge in [0.05, 0.1) is 5.52 Å². The zero-order valence-corrected chi connectivity index (χ0v) is 8.21. The number of carbonyl (C=O) groups is 1. The molecule has 4 nitrogen and oxygen atoms in total. The predicted octanol–water partition coefficient (Wildman–Crippen LogP) is 1.67. The van der Waals surface area contributed by atoms with Crippen LogP contribution in [-0.4, -0.2) is 20.9 Å². The van der Waals surface area contributed by atoms with Gasteiger partial charge in [0.1, 0.15) is 0 Å². The lowest BCUT2D eigenvalue weighted by Gasteiger charge is -1.91. The van der Waals surface area contributed by atoms with Gasteiger partial charge in [0.15, 0.2) is 0 Å². The summed E-state index contributed by atoms with van der Waals surface area (Å²) in [6, 6.07) is 5.62. The van der Waals surface area contributed by atoms with Gasteiger partial charge in [-0.3, -0.25) is 4.68 Å². The maximum atomic E-state index is 10.3. The SMILES string of the molecule is Cn1cc2cc(C=CC(=O)O)ccc2n1. The first-order chi connectivity index (χ1) is 7.15. The van der Waals surface area contributed by atoms with Crippen molar-refractivity contribution in [3.05, 3.63) is 36.0 Å². The second-order valence-electron chi connectivity index (χ2n) is 3.29. The highest BCUT2D eigenvalue weighted by Gasteiger charge is 1.98. The molecule has 2 rings (SSSR count). The fraction of sp³-hybridized carbons (Fsp3) is 0.0909. The van der Waals surface area contributed by atoms with E-state index < -0.39 is 5.97 Å². The highest BCUT2D eigenvalue weighted by atomic mass is 16.4. The van der Waals surface area contributed by atoms with Gasteiger partial charge in [0, 0.05) is 24.7 Å². The van der Waals surface area contributed by atoms with E-state index in [9.17, 15) is 4.79 Å². The average Bonchev–Trinajstić information content (AvgIpc) is 2.53. The number of aryl methyl sites for hydroxylation is 1. The van der Waals surface area contributed by atoms with E-state index >= 15 is 0 Å². The van der Waals surface area contributed by atoms with Crippen LogP contribution < -0.4 is 0 Å². The van der Waals surface area contributed by atoms with E-state index in [0.717, 1.165) is 22.5 Å². The van der Waals surface area contributed by atoms with Crippen molar-refractivity contribution in [2.75, 3.05) is 0 Å². The van der Waals surface area contributed by atoms with E-state index in [1.807, 2.05) is 31.4 Å². The van der Waals surface area contributed by atoms with Gasteiger partial charge in [-0.25, -0.2) is 4.79 Å². The van der Waals surface area contributed by atoms with Crippen molar-refractivity contribution >= 4 is 22.9 Å². The molecule has 0 atom stereocenters. The third kappa shape index (κ3) is 2.04. The van der Waals surface area contributed by atoms with Crippen LogP contribution in [0.3, 0.4) is 0 Å². The molecule has 0 radical (unpaired) electrons. The Hall–Kier alpha value is -2.10. The van der Waals surface area contributed by atoms with Gasteiger partial charge in [0.25, 0.3) is 0 Å². The Labute approximate surface area is 86.4 Å². The normalized spacial score (nSPS) is 11.3. The minimum atomic E-state index is -0.943. The Balaban J connectivity index is 2.42. The molecule has 1 N–H and O–H groups in total. The Morgan fingerprint density at radius 3 is 3.07 bits per heavy atom. The fourth-order valence-electron chi connectivity index (χ4n) is 1.44. The Morgan fingerprint density at radius 2 is 2.33 bits per heavy atom. The van der Waals surface area contributed by atoms with Crippen LogP contribution in [0.5, 0.6) is 0 Å². The van der Waals surface area contributed by atoms with E-state index in [4.69, 9.17) is 5.11 Å². The van der Waals surface area contributed by atoms with Gasteiger partial charge in [-0.1, -0.05) is 6.07 Å². The van der Waals surface area contributed by atoms with Crippen molar-refractivity contribution < 1.29 is 9.90 Å². The molecule has 0 bridgehead atoms. The third-order valence-electron chi connectivity index (χ3n) is 2.06. The molecule has 76 valence electrons. The lowest BCUT2D eigenvalue weighted by Crippen LogP contribution is -1.85. The Bertz CT molecular complexity index is 541. The summed E-state index contributed by atoms with van der Waals surface area (Å²) in [7, 11) is 1.85. The molecule has 1 heterocycles. The third-order valence-corrected chi connectivity index (χ3v) is 2.06. The number of hydrogen-bond donors (Lipinski definition) is 1. The Morgan fingerprint density at radius 1 is 1.53 bits per heavy atom. The van der Waals surface area contributed by atoms with Crippen LogP contribution in [0.25, 0.3) is 17.0 Å². The average molecular weight is 202 g/mol. The van der Waals surface area contributed by atoms with Crippen molar-refractivity contribution in [3.8, 4) is 0 Å². The number of aromatic nitrogens is 2. The molecule has 0 unspecified atom stereocenters. The maximum Gasteiger partial charge on any atom is 0.328 e. The van der Waals surface area contributed by atoms with Crippen molar-refractivity contribution in [3.63, 3.8) is 0 Å². The van der Waals surface area contributed by atoms with E-state index in [-0.39, 0.29) is 0 Å². The van der Waals surface area contributed by atoms with E-state index in [2.05, 4.69) is 5.10 Å². The van der Waals surface area contributed by atoms with Crippen LogP contribution in [0, 0.1) is 0 Å². The molecule has 0 fully saturated rings. The summed E-state index contributed by atoms with van der Waals surface area (Å²) in [6.07, 6.45) is 4.58. The quantitative estimate of drug-likeness (QED) is 0.753. The number of carboxylic acids is 1. The summed E-state index contributed by atoms with van der Waals surface area (Å²) in [5.74, 6) is -0.943. The molecule has 0 aliphatic carbocycles. The number of benzene rings is 1. The topological polar surface area (TPSA) is 55.1 Å². The molecule has 1 aromatic heterocycles. The smallest absolute Gasteiger partial charge is 0.328 e. The lowest BCUT2D eigenvalue weighted by atomic mass is 10.1. The van der Waals surface area contributed by atoms with Gasteiger partial charge in [0.2, 0.25) is 0 Å². The van der Waals surface area contributed by atoms with Crippen molar-refractivity contribution in [1.29, 1.82) is 0 Å². The van der Waals surface area contributed by atoms with E-state index in [1.54, 1.807) is 10.8 Å². The van der Waals surface area contributed by atoms with Crippen molar-refractivity contribution in [2.24, 2.45) is 7.05 Å². The first kappa shape index (κ1) is 9.45. The zero-order chi connectivity index (χ0) is 10.8. The molecule has 0 spiro atoms. The molecule has 0 saturated carbocycles. The first-order valence-corrected chi connectivity index (χ1v) is 4.49.